The number of hydrogen-bond donors (Lipinski definition) is 1. The first-order chi connectivity index (χ1) is 12.6. The highest BCUT2D eigenvalue weighted by molar-refractivity contribution is 5.76. The molecule has 0 saturated carbocycles. The molecule has 1 atom stereocenters. The van der Waals surface area contributed by atoms with Crippen LogP contribution in [0.1, 0.15) is 18.1 Å². The van der Waals surface area contributed by atoms with E-state index in [0.717, 1.165) is 11.1 Å². The fourth-order valence-electron chi connectivity index (χ4n) is 2.24. The predicted molar refractivity (Wildman–Crippen MR) is 96.5 cm³/mol. The van der Waals surface area contributed by atoms with E-state index in [9.17, 15) is 9.59 Å². The van der Waals surface area contributed by atoms with Crippen LogP contribution < -0.4 is 10.5 Å². The molecule has 0 aliphatic rings. The Morgan fingerprint density at radius 3 is 2.31 bits per heavy atom. The fourth-order valence-corrected chi connectivity index (χ4v) is 2.24. The van der Waals surface area contributed by atoms with Gasteiger partial charge in [0, 0.05) is 0 Å². The molecule has 0 aliphatic carbocycles. The lowest BCUT2D eigenvalue weighted by molar-refractivity contribution is -0.147. The topological polar surface area (TPSA) is 87.9 Å². The van der Waals surface area contributed by atoms with Gasteiger partial charge in [-0.15, -0.1) is 0 Å². The zero-order valence-electron chi connectivity index (χ0n) is 14.7. The highest BCUT2D eigenvalue weighted by Gasteiger charge is 2.16. The van der Waals surface area contributed by atoms with Gasteiger partial charge in [0.1, 0.15) is 18.4 Å². The zero-order valence-corrected chi connectivity index (χ0v) is 14.7. The number of rotatable bonds is 9. The summed E-state index contributed by atoms with van der Waals surface area (Å²) in [6.07, 6.45) is 0.353. The molecule has 0 amide bonds. The van der Waals surface area contributed by atoms with E-state index in [1.54, 1.807) is 31.2 Å². The lowest BCUT2D eigenvalue weighted by atomic mass is 10.1. The molecule has 6 heteroatoms. The van der Waals surface area contributed by atoms with Crippen molar-refractivity contribution in [3.8, 4) is 5.75 Å². The Bertz CT molecular complexity index is 700. The van der Waals surface area contributed by atoms with E-state index in [2.05, 4.69) is 0 Å². The van der Waals surface area contributed by atoms with E-state index in [1.165, 1.54) is 0 Å². The minimum atomic E-state index is -0.745. The first-order valence-corrected chi connectivity index (χ1v) is 8.42. The molecule has 0 radical (unpaired) electrons. The molecule has 0 unspecified atom stereocenters. The van der Waals surface area contributed by atoms with Crippen LogP contribution in [0, 0.1) is 0 Å². The van der Waals surface area contributed by atoms with Crippen LogP contribution in [0.4, 0.5) is 0 Å². The van der Waals surface area contributed by atoms with Gasteiger partial charge in [0.2, 0.25) is 0 Å². The quantitative estimate of drug-likeness (QED) is 0.693. The third-order valence-corrected chi connectivity index (χ3v) is 3.57. The highest BCUT2D eigenvalue weighted by Crippen LogP contribution is 2.14. The van der Waals surface area contributed by atoms with Gasteiger partial charge in [-0.05, 0) is 36.6 Å². The van der Waals surface area contributed by atoms with Gasteiger partial charge < -0.3 is 19.9 Å². The van der Waals surface area contributed by atoms with Crippen molar-refractivity contribution in [1.29, 1.82) is 0 Å². The number of esters is 2. The van der Waals surface area contributed by atoms with Crippen molar-refractivity contribution in [2.75, 3.05) is 13.2 Å². The van der Waals surface area contributed by atoms with Gasteiger partial charge in [-0.25, -0.2) is 4.79 Å². The summed E-state index contributed by atoms with van der Waals surface area (Å²) in [5.74, 6) is -0.321. The van der Waals surface area contributed by atoms with Crippen LogP contribution in [0.5, 0.6) is 5.75 Å². The maximum Gasteiger partial charge on any atom is 0.344 e. The molecule has 0 saturated heterocycles. The van der Waals surface area contributed by atoms with E-state index in [0.29, 0.717) is 18.8 Å². The molecule has 2 aromatic rings. The van der Waals surface area contributed by atoms with Gasteiger partial charge in [-0.1, -0.05) is 42.5 Å². The van der Waals surface area contributed by atoms with Crippen molar-refractivity contribution < 1.29 is 23.8 Å². The van der Waals surface area contributed by atoms with Crippen LogP contribution in [0.3, 0.4) is 0 Å². The van der Waals surface area contributed by atoms with Crippen molar-refractivity contribution in [2.45, 2.75) is 26.0 Å². The standard InChI is InChI=1S/C20H23NO5/c1-2-24-19(22)14-25-17-10-8-15(9-11-17)12-18(21)20(23)26-13-16-6-4-3-5-7-16/h3-11,18H,2,12-14,21H2,1H3/t18-/m0/s1. The summed E-state index contributed by atoms with van der Waals surface area (Å²) in [6.45, 7) is 2.12. The molecule has 2 rings (SSSR count). The number of nitrogens with two attached hydrogens (primary N) is 1. The SMILES string of the molecule is CCOC(=O)COc1ccc(C[C@H](N)C(=O)OCc2ccccc2)cc1. The van der Waals surface area contributed by atoms with Gasteiger partial charge in [0.15, 0.2) is 6.61 Å². The lowest BCUT2D eigenvalue weighted by Crippen LogP contribution is -2.34. The number of carbonyl (C=O) groups is 2. The van der Waals surface area contributed by atoms with Crippen LogP contribution in [-0.4, -0.2) is 31.2 Å². The number of benzene rings is 2. The first-order valence-electron chi connectivity index (χ1n) is 8.42. The van der Waals surface area contributed by atoms with E-state index >= 15 is 0 Å². The Labute approximate surface area is 152 Å². The van der Waals surface area contributed by atoms with E-state index in [-0.39, 0.29) is 13.2 Å². The Balaban J connectivity index is 1.78. The molecule has 6 nitrogen and oxygen atoms in total. The maximum atomic E-state index is 12.0. The molecule has 26 heavy (non-hydrogen) atoms. The van der Waals surface area contributed by atoms with Gasteiger partial charge in [-0.2, -0.15) is 0 Å². The Morgan fingerprint density at radius 2 is 1.65 bits per heavy atom. The molecule has 0 aromatic heterocycles. The summed E-state index contributed by atoms with van der Waals surface area (Å²) in [7, 11) is 0. The zero-order chi connectivity index (χ0) is 18.8. The molecule has 138 valence electrons. The average Bonchev–Trinajstić information content (AvgIpc) is 2.66. The second-order valence-corrected chi connectivity index (χ2v) is 5.64. The summed E-state index contributed by atoms with van der Waals surface area (Å²) in [4.78, 5) is 23.3. The smallest absolute Gasteiger partial charge is 0.344 e. The molecular formula is C20H23NO5. The summed E-state index contributed by atoms with van der Waals surface area (Å²) < 4.78 is 15.3. The van der Waals surface area contributed by atoms with Crippen molar-refractivity contribution in [2.24, 2.45) is 5.73 Å². The van der Waals surface area contributed by atoms with Crippen LogP contribution >= 0.6 is 0 Å². The third-order valence-electron chi connectivity index (χ3n) is 3.57. The van der Waals surface area contributed by atoms with Crippen molar-refractivity contribution in [3.63, 3.8) is 0 Å². The van der Waals surface area contributed by atoms with E-state index < -0.39 is 18.0 Å². The number of carbonyl (C=O) groups excluding carboxylic acids is 2. The van der Waals surface area contributed by atoms with Gasteiger partial charge in [0.25, 0.3) is 0 Å². The molecule has 0 bridgehead atoms. The van der Waals surface area contributed by atoms with Crippen LogP contribution in [0.25, 0.3) is 0 Å². The highest BCUT2D eigenvalue weighted by atomic mass is 16.6. The normalized spacial score (nSPS) is 11.5. The predicted octanol–water partition coefficient (Wildman–Crippen LogP) is 2.24. The van der Waals surface area contributed by atoms with Gasteiger partial charge >= 0.3 is 11.9 Å². The largest absolute Gasteiger partial charge is 0.482 e. The second-order valence-electron chi connectivity index (χ2n) is 5.64. The molecule has 2 aromatic carbocycles. The number of hydrogen-bond acceptors (Lipinski definition) is 6. The van der Waals surface area contributed by atoms with Crippen molar-refractivity contribution in [1.82, 2.24) is 0 Å². The molecule has 0 aliphatic heterocycles. The van der Waals surface area contributed by atoms with E-state index in [4.69, 9.17) is 19.9 Å². The van der Waals surface area contributed by atoms with Gasteiger partial charge in [0.05, 0.1) is 6.61 Å². The molecule has 0 heterocycles. The Hall–Kier alpha value is -2.86. The van der Waals surface area contributed by atoms with Crippen molar-refractivity contribution >= 4 is 11.9 Å². The lowest BCUT2D eigenvalue weighted by Gasteiger charge is -2.12. The second kappa shape index (κ2) is 10.2. The monoisotopic (exact) mass is 357 g/mol. The summed E-state index contributed by atoms with van der Waals surface area (Å²) in [5.41, 5.74) is 7.70. The molecule has 0 fully saturated rings. The van der Waals surface area contributed by atoms with E-state index in [1.807, 2.05) is 30.3 Å². The third kappa shape index (κ3) is 6.57. The van der Waals surface area contributed by atoms with Crippen LogP contribution in [-0.2, 0) is 32.1 Å². The fraction of sp³-hybridized carbons (Fsp3) is 0.300. The first kappa shape index (κ1) is 19.5. The average molecular weight is 357 g/mol. The minimum absolute atomic E-state index is 0.140. The number of ether oxygens (including phenoxy) is 3. The summed E-state index contributed by atoms with van der Waals surface area (Å²) in [5, 5.41) is 0. The molecule has 0 spiro atoms. The Morgan fingerprint density at radius 1 is 0.962 bits per heavy atom. The molecule has 2 N–H and O–H groups in total. The van der Waals surface area contributed by atoms with Crippen LogP contribution in [0.15, 0.2) is 54.6 Å². The maximum absolute atomic E-state index is 12.0. The van der Waals surface area contributed by atoms with Crippen LogP contribution in [0.2, 0.25) is 0 Å². The molecular weight excluding hydrogens is 334 g/mol. The van der Waals surface area contributed by atoms with Crippen molar-refractivity contribution in [3.05, 3.63) is 65.7 Å². The summed E-state index contributed by atoms with van der Waals surface area (Å²) in [6, 6.07) is 15.7. The minimum Gasteiger partial charge on any atom is -0.482 e. The van der Waals surface area contributed by atoms with Gasteiger partial charge in [-0.3, -0.25) is 4.79 Å². The Kier molecular flexibility index (Phi) is 7.64. The summed E-state index contributed by atoms with van der Waals surface area (Å²) >= 11 is 0.